The molecular formula is C19H34O2. The van der Waals surface area contributed by atoms with Crippen molar-refractivity contribution in [1.82, 2.24) is 0 Å². The van der Waals surface area contributed by atoms with E-state index in [1.165, 1.54) is 71.3 Å². The summed E-state index contributed by atoms with van der Waals surface area (Å²) in [6.45, 7) is 2.29. The van der Waals surface area contributed by atoms with E-state index >= 15 is 0 Å². The number of rotatable bonds is 6. The molecule has 122 valence electrons. The predicted molar refractivity (Wildman–Crippen MR) is 87.1 cm³/mol. The maximum Gasteiger partial charge on any atom is 0.308 e. The van der Waals surface area contributed by atoms with Crippen molar-refractivity contribution in [2.45, 2.75) is 84.0 Å². The molecule has 2 aliphatic carbocycles. The molecule has 0 amide bonds. The first-order chi connectivity index (χ1) is 10.2. The molecule has 0 aromatic rings. The van der Waals surface area contributed by atoms with Crippen LogP contribution < -0.4 is 0 Å². The molecule has 2 heteroatoms. The highest BCUT2D eigenvalue weighted by Gasteiger charge is 2.33. The van der Waals surface area contributed by atoms with Crippen LogP contribution in [0.3, 0.4) is 0 Å². The van der Waals surface area contributed by atoms with Crippen LogP contribution in [0.1, 0.15) is 84.0 Å². The van der Waals surface area contributed by atoms with Crippen molar-refractivity contribution in [1.29, 1.82) is 0 Å². The number of unbranched alkanes of at least 4 members (excludes halogenated alkanes) is 2. The monoisotopic (exact) mass is 294 g/mol. The van der Waals surface area contributed by atoms with Crippen molar-refractivity contribution in [3.8, 4) is 0 Å². The van der Waals surface area contributed by atoms with Gasteiger partial charge in [-0.1, -0.05) is 45.4 Å². The van der Waals surface area contributed by atoms with E-state index in [0.29, 0.717) is 0 Å². The quantitative estimate of drug-likeness (QED) is 0.487. The summed E-state index contributed by atoms with van der Waals surface area (Å²) in [7, 11) is 1.52. The number of carbonyl (C=O) groups excluding carboxylic acids is 1. The summed E-state index contributed by atoms with van der Waals surface area (Å²) >= 11 is 0. The Balaban J connectivity index is 1.66. The van der Waals surface area contributed by atoms with E-state index in [0.717, 1.165) is 30.6 Å². The van der Waals surface area contributed by atoms with Crippen molar-refractivity contribution < 1.29 is 9.53 Å². The van der Waals surface area contributed by atoms with Crippen molar-refractivity contribution in [2.24, 2.45) is 23.7 Å². The molecule has 0 unspecified atom stereocenters. The summed E-state index contributed by atoms with van der Waals surface area (Å²) in [6, 6.07) is 0. The van der Waals surface area contributed by atoms with Crippen LogP contribution in [-0.2, 0) is 9.53 Å². The molecule has 0 aromatic carbocycles. The molecule has 21 heavy (non-hydrogen) atoms. The van der Waals surface area contributed by atoms with Gasteiger partial charge >= 0.3 is 5.97 Å². The van der Waals surface area contributed by atoms with Crippen molar-refractivity contribution in [3.05, 3.63) is 0 Å². The Morgan fingerprint density at radius 3 is 2.00 bits per heavy atom. The number of hydrogen-bond acceptors (Lipinski definition) is 2. The molecule has 0 heterocycles. The third-order valence-electron chi connectivity index (χ3n) is 6.08. The zero-order valence-electron chi connectivity index (χ0n) is 14.1. The van der Waals surface area contributed by atoms with E-state index in [4.69, 9.17) is 4.74 Å². The minimum Gasteiger partial charge on any atom is -0.469 e. The van der Waals surface area contributed by atoms with Gasteiger partial charge in [-0.2, -0.15) is 0 Å². The van der Waals surface area contributed by atoms with E-state index in [1.54, 1.807) is 0 Å². The Morgan fingerprint density at radius 1 is 0.905 bits per heavy atom. The number of methoxy groups -OCH3 is 1. The van der Waals surface area contributed by atoms with Crippen LogP contribution in [0, 0.1) is 23.7 Å². The fourth-order valence-electron chi connectivity index (χ4n) is 4.62. The molecule has 2 nitrogen and oxygen atoms in total. The maximum absolute atomic E-state index is 11.6. The molecule has 0 bridgehead atoms. The summed E-state index contributed by atoms with van der Waals surface area (Å²) in [5, 5.41) is 0. The highest BCUT2D eigenvalue weighted by molar-refractivity contribution is 5.72. The zero-order chi connectivity index (χ0) is 15.1. The van der Waals surface area contributed by atoms with Crippen molar-refractivity contribution >= 4 is 5.97 Å². The molecule has 2 aliphatic rings. The Bertz CT molecular complexity index is 297. The van der Waals surface area contributed by atoms with Crippen molar-refractivity contribution in [3.63, 3.8) is 0 Å². The molecule has 0 radical (unpaired) electrons. The van der Waals surface area contributed by atoms with Gasteiger partial charge in [0.1, 0.15) is 0 Å². The van der Waals surface area contributed by atoms with Crippen LogP contribution in [0.2, 0.25) is 0 Å². The zero-order valence-corrected chi connectivity index (χ0v) is 14.1. The average Bonchev–Trinajstić information content (AvgIpc) is 2.55. The van der Waals surface area contributed by atoms with E-state index in [2.05, 4.69) is 6.92 Å². The molecule has 0 spiro atoms. The Hall–Kier alpha value is -0.530. The summed E-state index contributed by atoms with van der Waals surface area (Å²) in [5.41, 5.74) is 0. The van der Waals surface area contributed by atoms with Gasteiger partial charge in [0.05, 0.1) is 13.0 Å². The molecule has 0 N–H and O–H groups in total. The average molecular weight is 294 g/mol. The molecule has 2 rings (SSSR count). The number of hydrogen-bond donors (Lipinski definition) is 0. The molecule has 2 saturated carbocycles. The first-order valence-electron chi connectivity index (χ1n) is 9.32. The number of ether oxygens (including phenoxy) is 1. The largest absolute Gasteiger partial charge is 0.469 e. The van der Waals surface area contributed by atoms with Crippen LogP contribution in [-0.4, -0.2) is 13.1 Å². The van der Waals surface area contributed by atoms with Gasteiger partial charge in [0.2, 0.25) is 0 Å². The van der Waals surface area contributed by atoms with Crippen LogP contribution >= 0.6 is 0 Å². The first-order valence-corrected chi connectivity index (χ1v) is 9.32. The normalized spacial score (nSPS) is 33.6. The van der Waals surface area contributed by atoms with Crippen LogP contribution in [0.5, 0.6) is 0 Å². The van der Waals surface area contributed by atoms with E-state index in [1.807, 2.05) is 0 Å². The summed E-state index contributed by atoms with van der Waals surface area (Å²) in [4.78, 5) is 11.6. The summed E-state index contributed by atoms with van der Waals surface area (Å²) in [6.07, 6.45) is 16.1. The molecular weight excluding hydrogens is 260 g/mol. The second-order valence-corrected chi connectivity index (χ2v) is 7.41. The SMILES string of the molecule is CCCCCC1CCC(C2CCC(C(=O)OC)CC2)CC1. The fourth-order valence-corrected chi connectivity index (χ4v) is 4.62. The van der Waals surface area contributed by atoms with Gasteiger partial charge in [0.25, 0.3) is 0 Å². The Morgan fingerprint density at radius 2 is 1.48 bits per heavy atom. The van der Waals surface area contributed by atoms with Gasteiger partial charge in [0, 0.05) is 0 Å². The molecule has 2 fully saturated rings. The number of esters is 1. The van der Waals surface area contributed by atoms with Crippen LogP contribution in [0.4, 0.5) is 0 Å². The third-order valence-corrected chi connectivity index (χ3v) is 6.08. The molecule has 0 aliphatic heterocycles. The first kappa shape index (κ1) is 16.8. The smallest absolute Gasteiger partial charge is 0.308 e. The lowest BCUT2D eigenvalue weighted by molar-refractivity contribution is -0.147. The third kappa shape index (κ3) is 5.00. The summed E-state index contributed by atoms with van der Waals surface area (Å²) in [5.74, 6) is 3.07. The second kappa shape index (κ2) is 8.80. The Labute approximate surface area is 131 Å². The standard InChI is InChI=1S/C19H34O2/c1-3-4-5-6-15-7-9-16(10-8-15)17-11-13-18(14-12-17)19(20)21-2/h15-18H,3-14H2,1-2H3. The molecule has 0 aromatic heterocycles. The van der Waals surface area contributed by atoms with E-state index in [-0.39, 0.29) is 11.9 Å². The van der Waals surface area contributed by atoms with Gasteiger partial charge in [0.15, 0.2) is 0 Å². The van der Waals surface area contributed by atoms with Gasteiger partial charge in [-0.25, -0.2) is 0 Å². The highest BCUT2D eigenvalue weighted by atomic mass is 16.5. The predicted octanol–water partition coefficient (Wildman–Crippen LogP) is 5.35. The van der Waals surface area contributed by atoms with Crippen LogP contribution in [0.15, 0.2) is 0 Å². The molecule has 0 saturated heterocycles. The fraction of sp³-hybridized carbons (Fsp3) is 0.947. The van der Waals surface area contributed by atoms with Gasteiger partial charge in [-0.3, -0.25) is 4.79 Å². The maximum atomic E-state index is 11.6. The molecule has 0 atom stereocenters. The van der Waals surface area contributed by atoms with Gasteiger partial charge in [-0.15, -0.1) is 0 Å². The lowest BCUT2D eigenvalue weighted by Gasteiger charge is -2.37. The highest BCUT2D eigenvalue weighted by Crippen LogP contribution is 2.42. The Kier molecular flexibility index (Phi) is 7.06. The minimum absolute atomic E-state index is 0.0214. The second-order valence-electron chi connectivity index (χ2n) is 7.41. The topological polar surface area (TPSA) is 26.3 Å². The van der Waals surface area contributed by atoms with E-state index in [9.17, 15) is 4.79 Å². The minimum atomic E-state index is 0.0214. The summed E-state index contributed by atoms with van der Waals surface area (Å²) < 4.78 is 4.89. The van der Waals surface area contributed by atoms with E-state index < -0.39 is 0 Å². The van der Waals surface area contributed by atoms with Crippen molar-refractivity contribution in [2.75, 3.05) is 7.11 Å². The van der Waals surface area contributed by atoms with Gasteiger partial charge in [-0.05, 0) is 56.3 Å². The number of carbonyl (C=O) groups is 1. The van der Waals surface area contributed by atoms with Gasteiger partial charge < -0.3 is 4.74 Å². The lowest BCUT2D eigenvalue weighted by atomic mass is 9.68. The van der Waals surface area contributed by atoms with Crippen LogP contribution in [0.25, 0.3) is 0 Å². The lowest BCUT2D eigenvalue weighted by Crippen LogP contribution is -2.28.